The van der Waals surface area contributed by atoms with Gasteiger partial charge in [0.25, 0.3) is 0 Å². The predicted octanol–water partition coefficient (Wildman–Crippen LogP) is -0.567. The Morgan fingerprint density at radius 3 is 2.80 bits per heavy atom. The average molecular weight is 212 g/mol. The highest BCUT2D eigenvalue weighted by Crippen LogP contribution is 2.28. The fourth-order valence-electron chi connectivity index (χ4n) is 2.80. The zero-order valence-electron chi connectivity index (χ0n) is 9.49. The second kappa shape index (κ2) is 3.64. The van der Waals surface area contributed by atoms with Crippen molar-refractivity contribution in [3.8, 4) is 0 Å². The van der Waals surface area contributed by atoms with Crippen LogP contribution < -0.4 is 11.1 Å². The maximum Gasteiger partial charge on any atom is 0.315 e. The monoisotopic (exact) mass is 212 g/mol. The molecule has 2 amide bonds. The summed E-state index contributed by atoms with van der Waals surface area (Å²) in [5, 5.41) is 3.38. The number of fused-ring (bicyclic) bond motifs is 1. The summed E-state index contributed by atoms with van der Waals surface area (Å²) in [6.07, 6.45) is 0. The fraction of sp³-hybridized carbons (Fsp3) is 0.900. The van der Waals surface area contributed by atoms with Gasteiger partial charge in [-0.1, -0.05) is 0 Å². The fourth-order valence-corrected chi connectivity index (χ4v) is 2.80. The Morgan fingerprint density at radius 1 is 1.40 bits per heavy atom. The minimum Gasteiger partial charge on any atom is -0.351 e. The molecule has 2 rings (SSSR count). The van der Waals surface area contributed by atoms with Crippen LogP contribution >= 0.6 is 0 Å². The molecular formula is C10H20N4O. The third-order valence-corrected chi connectivity index (χ3v) is 3.74. The van der Waals surface area contributed by atoms with E-state index in [1.54, 1.807) is 4.90 Å². The second-order valence-corrected chi connectivity index (χ2v) is 4.90. The molecule has 0 aliphatic carbocycles. The first-order valence-corrected chi connectivity index (χ1v) is 5.55. The van der Waals surface area contributed by atoms with Crippen LogP contribution in [-0.2, 0) is 0 Å². The molecule has 0 bridgehead atoms. The molecule has 0 saturated carbocycles. The number of primary amides is 1. The molecule has 86 valence electrons. The first kappa shape index (κ1) is 10.7. The van der Waals surface area contributed by atoms with E-state index in [1.165, 1.54) is 0 Å². The van der Waals surface area contributed by atoms with E-state index in [0.717, 1.165) is 32.7 Å². The van der Waals surface area contributed by atoms with Crippen molar-refractivity contribution >= 4 is 6.03 Å². The van der Waals surface area contributed by atoms with Crippen LogP contribution in [0.5, 0.6) is 0 Å². The second-order valence-electron chi connectivity index (χ2n) is 4.90. The van der Waals surface area contributed by atoms with Crippen molar-refractivity contribution in [1.82, 2.24) is 15.1 Å². The van der Waals surface area contributed by atoms with Crippen LogP contribution in [0.15, 0.2) is 0 Å². The molecule has 1 unspecified atom stereocenters. The van der Waals surface area contributed by atoms with Gasteiger partial charge in [-0.15, -0.1) is 0 Å². The Hall–Kier alpha value is -0.810. The third kappa shape index (κ3) is 1.70. The van der Waals surface area contributed by atoms with E-state index in [-0.39, 0.29) is 11.6 Å². The summed E-state index contributed by atoms with van der Waals surface area (Å²) in [4.78, 5) is 15.6. The van der Waals surface area contributed by atoms with Gasteiger partial charge in [0.2, 0.25) is 0 Å². The molecule has 2 heterocycles. The van der Waals surface area contributed by atoms with Crippen LogP contribution in [0, 0.1) is 0 Å². The highest BCUT2D eigenvalue weighted by Gasteiger charge is 2.44. The normalized spacial score (nSPS) is 31.1. The van der Waals surface area contributed by atoms with Gasteiger partial charge in [0, 0.05) is 38.8 Å². The van der Waals surface area contributed by atoms with E-state index in [9.17, 15) is 4.79 Å². The van der Waals surface area contributed by atoms with Crippen LogP contribution in [0.25, 0.3) is 0 Å². The van der Waals surface area contributed by atoms with Crippen molar-refractivity contribution < 1.29 is 4.79 Å². The van der Waals surface area contributed by atoms with Gasteiger partial charge in [-0.2, -0.15) is 0 Å². The Labute approximate surface area is 90.6 Å². The topological polar surface area (TPSA) is 61.6 Å². The number of rotatable bonds is 0. The molecule has 15 heavy (non-hydrogen) atoms. The molecule has 2 aliphatic rings. The van der Waals surface area contributed by atoms with E-state index in [2.05, 4.69) is 24.1 Å². The maximum atomic E-state index is 11.4. The SMILES string of the molecule is CC1(C)C2CNCCN2CCN1C(N)=O. The van der Waals surface area contributed by atoms with Crippen LogP contribution in [0.1, 0.15) is 13.8 Å². The number of hydrogen-bond donors (Lipinski definition) is 2. The first-order chi connectivity index (χ1) is 7.03. The van der Waals surface area contributed by atoms with Crippen molar-refractivity contribution in [3.05, 3.63) is 0 Å². The number of nitrogens with two attached hydrogens (primary N) is 1. The van der Waals surface area contributed by atoms with E-state index >= 15 is 0 Å². The molecular weight excluding hydrogens is 192 g/mol. The number of amides is 2. The molecule has 2 saturated heterocycles. The zero-order chi connectivity index (χ0) is 11.1. The smallest absolute Gasteiger partial charge is 0.315 e. The van der Waals surface area contributed by atoms with Crippen molar-refractivity contribution in [3.63, 3.8) is 0 Å². The predicted molar refractivity (Wildman–Crippen MR) is 58.6 cm³/mol. The molecule has 0 spiro atoms. The summed E-state index contributed by atoms with van der Waals surface area (Å²) in [7, 11) is 0. The Balaban J connectivity index is 2.19. The lowest BCUT2D eigenvalue weighted by Gasteiger charge is -2.54. The summed E-state index contributed by atoms with van der Waals surface area (Å²) in [5.74, 6) is 0. The summed E-state index contributed by atoms with van der Waals surface area (Å²) in [6.45, 7) is 8.95. The summed E-state index contributed by atoms with van der Waals surface area (Å²) in [6, 6.07) is 0.0812. The first-order valence-electron chi connectivity index (χ1n) is 5.55. The van der Waals surface area contributed by atoms with E-state index < -0.39 is 0 Å². The minimum atomic E-state index is -0.301. The van der Waals surface area contributed by atoms with E-state index in [4.69, 9.17) is 5.73 Å². The number of hydrogen-bond acceptors (Lipinski definition) is 3. The lowest BCUT2D eigenvalue weighted by atomic mass is 9.87. The van der Waals surface area contributed by atoms with E-state index in [0.29, 0.717) is 6.04 Å². The molecule has 3 N–H and O–H groups in total. The van der Waals surface area contributed by atoms with Crippen molar-refractivity contribution in [2.45, 2.75) is 25.4 Å². The van der Waals surface area contributed by atoms with Crippen LogP contribution in [-0.4, -0.2) is 60.1 Å². The number of carbonyl (C=O) groups excluding carboxylic acids is 1. The maximum absolute atomic E-state index is 11.4. The average Bonchev–Trinajstić information content (AvgIpc) is 2.17. The molecule has 0 radical (unpaired) electrons. The Bertz CT molecular complexity index is 266. The molecule has 0 aromatic rings. The van der Waals surface area contributed by atoms with Gasteiger partial charge in [-0.05, 0) is 13.8 Å². The quantitative estimate of drug-likeness (QED) is 0.565. The van der Waals surface area contributed by atoms with Crippen LogP contribution in [0.2, 0.25) is 0 Å². The van der Waals surface area contributed by atoms with Gasteiger partial charge < -0.3 is 16.0 Å². The largest absolute Gasteiger partial charge is 0.351 e. The minimum absolute atomic E-state index is 0.169. The van der Waals surface area contributed by atoms with Crippen molar-refractivity contribution in [1.29, 1.82) is 0 Å². The molecule has 0 aromatic heterocycles. The van der Waals surface area contributed by atoms with Gasteiger partial charge in [0.05, 0.1) is 5.54 Å². The van der Waals surface area contributed by atoms with Crippen LogP contribution in [0.4, 0.5) is 4.79 Å². The molecule has 2 fully saturated rings. The van der Waals surface area contributed by atoms with Gasteiger partial charge in [0.15, 0.2) is 0 Å². The lowest BCUT2D eigenvalue weighted by Crippen LogP contribution is -2.72. The molecule has 1 atom stereocenters. The number of nitrogens with one attached hydrogen (secondary N) is 1. The highest BCUT2D eigenvalue weighted by molar-refractivity contribution is 5.73. The summed E-state index contributed by atoms with van der Waals surface area (Å²) >= 11 is 0. The summed E-state index contributed by atoms with van der Waals surface area (Å²) < 4.78 is 0. The van der Waals surface area contributed by atoms with Gasteiger partial charge >= 0.3 is 6.03 Å². The zero-order valence-corrected chi connectivity index (χ0v) is 9.49. The van der Waals surface area contributed by atoms with E-state index in [1.807, 2.05) is 0 Å². The number of carbonyl (C=O) groups is 1. The number of urea groups is 1. The highest BCUT2D eigenvalue weighted by atomic mass is 16.2. The van der Waals surface area contributed by atoms with Gasteiger partial charge in [-0.3, -0.25) is 4.90 Å². The van der Waals surface area contributed by atoms with Crippen LogP contribution in [0.3, 0.4) is 0 Å². The molecule has 5 nitrogen and oxygen atoms in total. The summed E-state index contributed by atoms with van der Waals surface area (Å²) in [5.41, 5.74) is 5.24. The third-order valence-electron chi connectivity index (χ3n) is 3.74. The number of piperazine rings is 2. The van der Waals surface area contributed by atoms with Gasteiger partial charge in [0.1, 0.15) is 0 Å². The lowest BCUT2D eigenvalue weighted by molar-refractivity contribution is -0.0172. The number of nitrogens with zero attached hydrogens (tertiary/aromatic N) is 2. The molecule has 0 aromatic carbocycles. The molecule has 5 heteroatoms. The molecule has 2 aliphatic heterocycles. The van der Waals surface area contributed by atoms with Crippen molar-refractivity contribution in [2.24, 2.45) is 5.73 Å². The van der Waals surface area contributed by atoms with Crippen molar-refractivity contribution in [2.75, 3.05) is 32.7 Å². The Morgan fingerprint density at radius 2 is 2.13 bits per heavy atom. The Kier molecular flexibility index (Phi) is 2.60. The van der Waals surface area contributed by atoms with Gasteiger partial charge in [-0.25, -0.2) is 4.79 Å². The standard InChI is InChI=1S/C10H20N4O/c1-10(2)8-7-12-3-4-13(8)5-6-14(10)9(11)15/h8,12H,3-7H2,1-2H3,(H2,11,15).